The minimum absolute atomic E-state index is 0.0280. The van der Waals surface area contributed by atoms with Crippen molar-refractivity contribution in [3.8, 4) is 17.0 Å². The van der Waals surface area contributed by atoms with Crippen LogP contribution in [0.3, 0.4) is 0 Å². The number of ether oxygens (including phenoxy) is 2. The zero-order valence-corrected chi connectivity index (χ0v) is 20.2. The van der Waals surface area contributed by atoms with Crippen molar-refractivity contribution < 1.29 is 14.6 Å². The summed E-state index contributed by atoms with van der Waals surface area (Å²) in [5, 5.41) is 17.9. The molecule has 0 bridgehead atoms. The summed E-state index contributed by atoms with van der Waals surface area (Å²) in [7, 11) is 1.66. The maximum atomic E-state index is 9.79. The molecule has 0 radical (unpaired) electrons. The first-order valence-electron chi connectivity index (χ1n) is 12.3. The summed E-state index contributed by atoms with van der Waals surface area (Å²) in [6, 6.07) is 18.3. The third-order valence-corrected chi connectivity index (χ3v) is 6.78. The van der Waals surface area contributed by atoms with E-state index in [4.69, 9.17) is 14.5 Å². The second-order valence-electron chi connectivity index (χ2n) is 9.11. The van der Waals surface area contributed by atoms with Crippen LogP contribution in [0, 0.1) is 0 Å². The zero-order valence-electron chi connectivity index (χ0n) is 20.2. The van der Waals surface area contributed by atoms with Gasteiger partial charge in [-0.15, -0.1) is 0 Å². The molecule has 2 N–H and O–H groups in total. The molecule has 4 heterocycles. The van der Waals surface area contributed by atoms with E-state index >= 15 is 0 Å². The largest absolute Gasteiger partial charge is 0.497 e. The molecule has 1 aliphatic heterocycles. The smallest absolute Gasteiger partial charge is 0.151 e. The predicted molar refractivity (Wildman–Crippen MR) is 139 cm³/mol. The molecule has 1 aliphatic rings. The number of methoxy groups -OCH3 is 1. The molecule has 0 amide bonds. The first-order valence-corrected chi connectivity index (χ1v) is 12.3. The molecule has 0 saturated carbocycles. The molecule has 36 heavy (non-hydrogen) atoms. The Hall–Kier alpha value is -3.88. The number of aliphatic hydroxyl groups excluding tert-OH is 1. The normalized spacial score (nSPS) is 16.0. The summed E-state index contributed by atoms with van der Waals surface area (Å²) in [4.78, 5) is 5.01. The molecule has 1 unspecified atom stereocenters. The van der Waals surface area contributed by atoms with Crippen LogP contribution in [-0.4, -0.2) is 38.0 Å². The van der Waals surface area contributed by atoms with Gasteiger partial charge in [-0.1, -0.05) is 18.2 Å². The van der Waals surface area contributed by atoms with Crippen molar-refractivity contribution >= 4 is 22.4 Å². The van der Waals surface area contributed by atoms with Crippen LogP contribution in [-0.2, 0) is 17.9 Å². The maximum absolute atomic E-state index is 9.79. The number of aliphatic hydroxyl groups is 1. The highest BCUT2D eigenvalue weighted by Crippen LogP contribution is 2.31. The summed E-state index contributed by atoms with van der Waals surface area (Å²) in [6.45, 7) is 1.36. The number of anilines is 1. The summed E-state index contributed by atoms with van der Waals surface area (Å²) in [5.41, 5.74) is 6.77. The van der Waals surface area contributed by atoms with E-state index in [0.29, 0.717) is 6.54 Å². The molecule has 1 fully saturated rings. The van der Waals surface area contributed by atoms with Crippen LogP contribution < -0.4 is 10.1 Å². The van der Waals surface area contributed by atoms with E-state index < -0.39 is 0 Å². The van der Waals surface area contributed by atoms with Gasteiger partial charge in [-0.3, -0.25) is 0 Å². The van der Waals surface area contributed by atoms with Crippen molar-refractivity contribution in [2.45, 2.75) is 38.6 Å². The first kappa shape index (κ1) is 22.6. The quantitative estimate of drug-likeness (QED) is 0.332. The van der Waals surface area contributed by atoms with Gasteiger partial charge in [0, 0.05) is 31.1 Å². The molecular formula is C28H29N5O3. The molecule has 0 spiro atoms. The van der Waals surface area contributed by atoms with E-state index in [0.717, 1.165) is 76.4 Å². The second kappa shape index (κ2) is 9.64. The van der Waals surface area contributed by atoms with Gasteiger partial charge >= 0.3 is 0 Å². The number of nitrogens with one attached hydrogen (secondary N) is 1. The monoisotopic (exact) mass is 483 g/mol. The number of fused-ring (bicyclic) bond motifs is 3. The van der Waals surface area contributed by atoms with E-state index in [1.54, 1.807) is 7.11 Å². The van der Waals surface area contributed by atoms with Crippen molar-refractivity contribution in [1.82, 2.24) is 19.2 Å². The van der Waals surface area contributed by atoms with Gasteiger partial charge in [-0.05, 0) is 66.8 Å². The summed E-state index contributed by atoms with van der Waals surface area (Å²) < 4.78 is 15.3. The van der Waals surface area contributed by atoms with E-state index in [9.17, 15) is 5.11 Å². The minimum atomic E-state index is -0.0341. The Morgan fingerprint density at radius 3 is 2.72 bits per heavy atom. The molecule has 8 heteroatoms. The fourth-order valence-electron chi connectivity index (χ4n) is 4.89. The first-order chi connectivity index (χ1) is 17.7. The fourth-order valence-corrected chi connectivity index (χ4v) is 4.89. The van der Waals surface area contributed by atoms with Crippen molar-refractivity contribution in [2.75, 3.05) is 19.0 Å². The minimum Gasteiger partial charge on any atom is -0.497 e. The van der Waals surface area contributed by atoms with Crippen molar-refractivity contribution in [3.63, 3.8) is 0 Å². The average Bonchev–Trinajstić information content (AvgIpc) is 3.60. The van der Waals surface area contributed by atoms with Crippen molar-refractivity contribution in [2.24, 2.45) is 0 Å². The Kier molecular flexibility index (Phi) is 6.04. The van der Waals surface area contributed by atoms with Crippen LogP contribution in [0.25, 0.3) is 27.8 Å². The van der Waals surface area contributed by atoms with E-state index in [1.165, 1.54) is 0 Å². The molecule has 184 valence electrons. The lowest BCUT2D eigenvalue weighted by Crippen LogP contribution is -2.19. The number of rotatable bonds is 7. The highest BCUT2D eigenvalue weighted by atomic mass is 16.5. The topological polar surface area (TPSA) is 85.8 Å². The molecule has 3 aromatic heterocycles. The van der Waals surface area contributed by atoms with Crippen LogP contribution in [0.5, 0.6) is 5.75 Å². The number of nitrogens with zero attached hydrogens (tertiary/aromatic N) is 4. The second-order valence-corrected chi connectivity index (χ2v) is 9.11. The van der Waals surface area contributed by atoms with Gasteiger partial charge in [-0.2, -0.15) is 5.10 Å². The molecule has 2 aromatic carbocycles. The van der Waals surface area contributed by atoms with Gasteiger partial charge in [0.15, 0.2) is 12.0 Å². The SMILES string of the molecule is COc1ccc(CNc2nc3cc(-c4ccnn4C4CCCCO4)ccc3n3cc(CO)cc23)cc1. The van der Waals surface area contributed by atoms with Gasteiger partial charge in [-0.25, -0.2) is 9.67 Å². The van der Waals surface area contributed by atoms with Gasteiger partial charge in [0.05, 0.1) is 36.0 Å². The van der Waals surface area contributed by atoms with Crippen LogP contribution in [0.15, 0.2) is 67.0 Å². The number of benzene rings is 2. The van der Waals surface area contributed by atoms with E-state index in [-0.39, 0.29) is 12.8 Å². The van der Waals surface area contributed by atoms with Gasteiger partial charge in [0.2, 0.25) is 0 Å². The summed E-state index contributed by atoms with van der Waals surface area (Å²) >= 11 is 0. The Morgan fingerprint density at radius 1 is 1.06 bits per heavy atom. The molecule has 1 atom stereocenters. The van der Waals surface area contributed by atoms with Crippen molar-refractivity contribution in [3.05, 3.63) is 78.1 Å². The molecule has 5 aromatic rings. The van der Waals surface area contributed by atoms with Crippen molar-refractivity contribution in [1.29, 1.82) is 0 Å². The molecule has 8 nitrogen and oxygen atoms in total. The highest BCUT2D eigenvalue weighted by Gasteiger charge is 2.20. The molecule has 0 aliphatic carbocycles. The third-order valence-electron chi connectivity index (χ3n) is 6.78. The lowest BCUT2D eigenvalue weighted by molar-refractivity contribution is -0.0383. The average molecular weight is 484 g/mol. The van der Waals surface area contributed by atoms with Crippen LogP contribution in [0.1, 0.15) is 36.6 Å². The van der Waals surface area contributed by atoms with Crippen LogP contribution >= 0.6 is 0 Å². The lowest BCUT2D eigenvalue weighted by atomic mass is 10.1. The van der Waals surface area contributed by atoms with Gasteiger partial charge in [0.1, 0.15) is 5.75 Å². The standard InChI is InChI=1S/C28H29N5O3/c1-35-22-8-5-19(6-9-22)16-29-28-26-14-20(18-34)17-32(26)25-10-7-21(15-23(25)31-28)24-11-12-30-33(24)27-4-2-3-13-36-27/h5-12,14-15,17,27,34H,2-4,13,16,18H2,1H3,(H,29,31). The highest BCUT2D eigenvalue weighted by molar-refractivity contribution is 5.88. The van der Waals surface area contributed by atoms with E-state index in [1.807, 2.05) is 53.5 Å². The molecule has 1 saturated heterocycles. The lowest BCUT2D eigenvalue weighted by Gasteiger charge is -2.24. The van der Waals surface area contributed by atoms with E-state index in [2.05, 4.69) is 33.0 Å². The Morgan fingerprint density at radius 2 is 1.94 bits per heavy atom. The Balaban J connectivity index is 1.39. The third kappa shape index (κ3) is 4.19. The summed E-state index contributed by atoms with van der Waals surface area (Å²) in [6.07, 6.45) is 6.97. The molecule has 6 rings (SSSR count). The predicted octanol–water partition coefficient (Wildman–Crippen LogP) is 5.16. The molecular weight excluding hydrogens is 454 g/mol. The van der Waals surface area contributed by atoms with Crippen LogP contribution in [0.2, 0.25) is 0 Å². The summed E-state index contributed by atoms with van der Waals surface area (Å²) in [5.74, 6) is 1.59. The van der Waals surface area contributed by atoms with Gasteiger partial charge < -0.3 is 24.3 Å². The Bertz CT molecular complexity index is 1500. The Labute approximate surface area is 209 Å². The fraction of sp³-hybridized carbons (Fsp3) is 0.286. The maximum Gasteiger partial charge on any atom is 0.151 e. The van der Waals surface area contributed by atoms with Crippen LogP contribution in [0.4, 0.5) is 5.82 Å². The number of hydrogen-bond donors (Lipinski definition) is 2. The number of hydrogen-bond acceptors (Lipinski definition) is 6. The van der Waals surface area contributed by atoms with Gasteiger partial charge in [0.25, 0.3) is 0 Å². The zero-order chi connectivity index (χ0) is 24.5. The number of aromatic nitrogens is 4.